The van der Waals surface area contributed by atoms with Crippen molar-refractivity contribution in [2.24, 2.45) is 4.99 Å². The van der Waals surface area contributed by atoms with Gasteiger partial charge in [-0.05, 0) is 30.0 Å². The van der Waals surface area contributed by atoms with Crippen molar-refractivity contribution in [2.75, 3.05) is 5.32 Å². The Morgan fingerprint density at radius 3 is 2.84 bits per heavy atom. The Bertz CT molecular complexity index is 593. The minimum Gasteiger partial charge on any atom is -0.368 e. The first-order valence-corrected chi connectivity index (χ1v) is 6.20. The number of hydrogen-bond donors (Lipinski definition) is 2. The number of nitrogens with zero attached hydrogens (tertiary/aromatic N) is 3. The second-order valence-corrected chi connectivity index (χ2v) is 4.65. The van der Waals surface area contributed by atoms with Gasteiger partial charge in [-0.1, -0.05) is 6.07 Å². The summed E-state index contributed by atoms with van der Waals surface area (Å²) in [5.74, 6) is 0. The van der Waals surface area contributed by atoms with Crippen molar-refractivity contribution < 1.29 is 5.11 Å². The van der Waals surface area contributed by atoms with Crippen LogP contribution in [0.3, 0.4) is 0 Å². The van der Waals surface area contributed by atoms with E-state index in [9.17, 15) is 5.11 Å². The van der Waals surface area contributed by atoms with E-state index in [1.54, 1.807) is 24.7 Å². The van der Waals surface area contributed by atoms with Crippen LogP contribution in [0.1, 0.15) is 11.8 Å². The predicted octanol–water partition coefficient (Wildman–Crippen LogP) is 2.46. The second-order valence-electron chi connectivity index (χ2n) is 3.67. The molecule has 3 heterocycles. The molecule has 2 aromatic rings. The molecule has 0 saturated heterocycles. The number of aliphatic hydroxyl groups is 1. The third-order valence-electron chi connectivity index (χ3n) is 2.42. The largest absolute Gasteiger partial charge is 0.368 e. The summed E-state index contributed by atoms with van der Waals surface area (Å²) in [4.78, 5) is 12.4. The number of aliphatic hydroxyl groups excluding tert-OH is 1. The molecule has 0 radical (unpaired) electrons. The number of halogens is 1. The summed E-state index contributed by atoms with van der Waals surface area (Å²) >= 11 is 1.40. The predicted molar refractivity (Wildman–Crippen MR) is 77.6 cm³/mol. The molecule has 0 aromatic carbocycles. The number of rotatable bonds is 1. The van der Waals surface area contributed by atoms with E-state index >= 15 is 0 Å². The number of nitrogens with one attached hydrogen (secondary N) is 1. The Hall–Kier alpha value is -1.63. The van der Waals surface area contributed by atoms with Crippen LogP contribution in [0.4, 0.5) is 5.69 Å². The fraction of sp³-hybridized carbons (Fsp3) is 0.0833. The molecule has 2 N–H and O–H groups in total. The van der Waals surface area contributed by atoms with Gasteiger partial charge in [0.25, 0.3) is 0 Å². The van der Waals surface area contributed by atoms with Crippen LogP contribution in [0, 0.1) is 0 Å². The summed E-state index contributed by atoms with van der Waals surface area (Å²) in [6.45, 7) is 0. The average Bonchev–Trinajstić information content (AvgIpc) is 2.40. The first-order chi connectivity index (χ1) is 8.83. The zero-order valence-electron chi connectivity index (χ0n) is 9.72. The molecular formula is C12H11ClN4OS. The molecule has 0 spiro atoms. The lowest BCUT2D eigenvalue weighted by molar-refractivity contribution is 0.184. The van der Waals surface area contributed by atoms with Crippen molar-refractivity contribution in [2.45, 2.75) is 11.3 Å². The van der Waals surface area contributed by atoms with E-state index in [0.29, 0.717) is 5.17 Å². The van der Waals surface area contributed by atoms with Crippen LogP contribution in [0.15, 0.2) is 52.9 Å². The van der Waals surface area contributed by atoms with E-state index in [1.165, 1.54) is 11.8 Å². The summed E-state index contributed by atoms with van der Waals surface area (Å²) in [6.07, 6.45) is 4.23. The maximum absolute atomic E-state index is 9.91. The average molecular weight is 295 g/mol. The van der Waals surface area contributed by atoms with E-state index < -0.39 is 6.23 Å². The van der Waals surface area contributed by atoms with Crippen LogP contribution in [0.2, 0.25) is 0 Å². The highest BCUT2D eigenvalue weighted by atomic mass is 35.5. The molecule has 98 valence electrons. The molecule has 3 rings (SSSR count). The lowest BCUT2D eigenvalue weighted by atomic mass is 10.2. The van der Waals surface area contributed by atoms with Gasteiger partial charge in [-0.2, -0.15) is 0 Å². The quantitative estimate of drug-likeness (QED) is 0.845. The lowest BCUT2D eigenvalue weighted by Crippen LogP contribution is -2.15. The number of aliphatic imine (C=N–C) groups is 1. The summed E-state index contributed by atoms with van der Waals surface area (Å²) in [7, 11) is 0. The first kappa shape index (κ1) is 13.8. The van der Waals surface area contributed by atoms with Crippen molar-refractivity contribution >= 4 is 35.0 Å². The standard InChI is InChI=1S/C12H10N4OS.ClH/c17-10-9-4-2-6-14-11(9)18-12(16-10)15-8-3-1-5-13-7-8;/h1-7,10,17H,(H,15,16);1H. The highest BCUT2D eigenvalue weighted by Crippen LogP contribution is 2.32. The van der Waals surface area contributed by atoms with Gasteiger partial charge in [-0.3, -0.25) is 4.98 Å². The monoisotopic (exact) mass is 294 g/mol. The minimum absolute atomic E-state index is 0. The van der Waals surface area contributed by atoms with Crippen molar-refractivity contribution in [1.29, 1.82) is 0 Å². The van der Waals surface area contributed by atoms with Crippen LogP contribution in [-0.2, 0) is 0 Å². The summed E-state index contributed by atoms with van der Waals surface area (Å²) in [5.41, 5.74) is 1.56. The molecule has 1 unspecified atom stereocenters. The van der Waals surface area contributed by atoms with E-state index in [0.717, 1.165) is 16.3 Å². The molecule has 0 aliphatic carbocycles. The topological polar surface area (TPSA) is 70.4 Å². The molecule has 0 amide bonds. The Morgan fingerprint density at radius 2 is 2.05 bits per heavy atom. The van der Waals surface area contributed by atoms with Crippen LogP contribution >= 0.6 is 24.2 Å². The molecule has 2 aromatic heterocycles. The molecule has 19 heavy (non-hydrogen) atoms. The molecule has 0 saturated carbocycles. The molecule has 0 bridgehead atoms. The fourth-order valence-corrected chi connectivity index (χ4v) is 2.51. The summed E-state index contributed by atoms with van der Waals surface area (Å²) in [5, 5.41) is 14.4. The molecule has 1 aliphatic rings. The van der Waals surface area contributed by atoms with E-state index in [2.05, 4.69) is 20.3 Å². The van der Waals surface area contributed by atoms with Crippen LogP contribution in [-0.4, -0.2) is 20.2 Å². The fourth-order valence-electron chi connectivity index (χ4n) is 1.60. The van der Waals surface area contributed by atoms with Gasteiger partial charge in [0.2, 0.25) is 0 Å². The SMILES string of the molecule is Cl.OC1N=C(Nc2cccnc2)Sc2ncccc21. The molecule has 0 fully saturated rings. The number of hydrogen-bond acceptors (Lipinski definition) is 6. The van der Waals surface area contributed by atoms with Crippen LogP contribution in [0.5, 0.6) is 0 Å². The van der Waals surface area contributed by atoms with Gasteiger partial charge >= 0.3 is 0 Å². The summed E-state index contributed by atoms with van der Waals surface area (Å²) in [6, 6.07) is 7.33. The third-order valence-corrected chi connectivity index (χ3v) is 3.36. The van der Waals surface area contributed by atoms with E-state index in [4.69, 9.17) is 0 Å². The minimum atomic E-state index is -0.867. The Labute approximate surface area is 120 Å². The molecule has 7 heteroatoms. The van der Waals surface area contributed by atoms with Gasteiger partial charge in [0, 0.05) is 18.0 Å². The number of thioether (sulfide) groups is 1. The Kier molecular flexibility index (Phi) is 4.36. The van der Waals surface area contributed by atoms with Gasteiger partial charge in [-0.15, -0.1) is 12.4 Å². The Morgan fingerprint density at radius 1 is 1.21 bits per heavy atom. The molecule has 1 atom stereocenters. The zero-order chi connectivity index (χ0) is 12.4. The van der Waals surface area contributed by atoms with Gasteiger partial charge in [0.05, 0.1) is 11.9 Å². The van der Waals surface area contributed by atoms with Crippen LogP contribution in [0.25, 0.3) is 0 Å². The number of amidine groups is 1. The molecule has 5 nitrogen and oxygen atoms in total. The number of fused-ring (bicyclic) bond motifs is 1. The summed E-state index contributed by atoms with van der Waals surface area (Å²) < 4.78 is 0. The van der Waals surface area contributed by atoms with Crippen molar-refractivity contribution in [3.8, 4) is 0 Å². The molecular weight excluding hydrogens is 284 g/mol. The highest BCUT2D eigenvalue weighted by molar-refractivity contribution is 8.14. The zero-order valence-corrected chi connectivity index (χ0v) is 11.4. The van der Waals surface area contributed by atoms with Crippen molar-refractivity contribution in [3.63, 3.8) is 0 Å². The van der Waals surface area contributed by atoms with E-state index in [-0.39, 0.29) is 12.4 Å². The van der Waals surface area contributed by atoms with Gasteiger partial charge in [0.1, 0.15) is 5.03 Å². The van der Waals surface area contributed by atoms with E-state index in [1.807, 2.05) is 18.2 Å². The smallest absolute Gasteiger partial charge is 0.176 e. The van der Waals surface area contributed by atoms with Gasteiger partial charge in [-0.25, -0.2) is 9.98 Å². The number of anilines is 1. The second kappa shape index (κ2) is 6.01. The van der Waals surface area contributed by atoms with Crippen molar-refractivity contribution in [1.82, 2.24) is 9.97 Å². The maximum Gasteiger partial charge on any atom is 0.176 e. The first-order valence-electron chi connectivity index (χ1n) is 5.38. The van der Waals surface area contributed by atoms with Gasteiger partial charge in [0.15, 0.2) is 11.4 Å². The van der Waals surface area contributed by atoms with Crippen LogP contribution < -0.4 is 5.32 Å². The lowest BCUT2D eigenvalue weighted by Gasteiger charge is -2.19. The number of pyridine rings is 2. The number of aromatic nitrogens is 2. The highest BCUT2D eigenvalue weighted by Gasteiger charge is 2.21. The Balaban J connectivity index is 0.00000133. The normalized spacial score (nSPS) is 16.9. The van der Waals surface area contributed by atoms with Gasteiger partial charge < -0.3 is 10.4 Å². The van der Waals surface area contributed by atoms with Crippen molar-refractivity contribution in [3.05, 3.63) is 48.4 Å². The molecule has 1 aliphatic heterocycles. The maximum atomic E-state index is 9.91. The third kappa shape index (κ3) is 3.04.